The average Bonchev–Trinajstić information content (AvgIpc) is 2.08. The summed E-state index contributed by atoms with van der Waals surface area (Å²) in [4.78, 5) is 10.5. The molecule has 0 unspecified atom stereocenters. The summed E-state index contributed by atoms with van der Waals surface area (Å²) in [6.45, 7) is 1.56. The Labute approximate surface area is 81.3 Å². The van der Waals surface area contributed by atoms with E-state index in [4.69, 9.17) is 16.7 Å². The number of para-hydroxylation sites is 1. The number of anilines is 1. The van der Waals surface area contributed by atoms with Gasteiger partial charge in [-0.2, -0.15) is 0 Å². The van der Waals surface area contributed by atoms with Gasteiger partial charge in [0.25, 0.3) is 0 Å². The minimum Gasteiger partial charge on any atom is -0.480 e. The van der Waals surface area contributed by atoms with Crippen LogP contribution in [0.15, 0.2) is 24.3 Å². The molecule has 0 fully saturated rings. The lowest BCUT2D eigenvalue weighted by Crippen LogP contribution is -2.25. The molecule has 0 spiro atoms. The Balaban J connectivity index is 2.74. The second kappa shape index (κ2) is 4.14. The lowest BCUT2D eigenvalue weighted by Gasteiger charge is -2.11. The van der Waals surface area contributed by atoms with Crippen molar-refractivity contribution in [1.29, 1.82) is 0 Å². The van der Waals surface area contributed by atoms with Crippen molar-refractivity contribution < 1.29 is 9.90 Å². The van der Waals surface area contributed by atoms with Gasteiger partial charge in [0.1, 0.15) is 6.04 Å². The number of benzene rings is 1. The maximum Gasteiger partial charge on any atom is 0.325 e. The molecule has 0 aliphatic heterocycles. The van der Waals surface area contributed by atoms with Gasteiger partial charge < -0.3 is 10.4 Å². The van der Waals surface area contributed by atoms with Gasteiger partial charge in [0, 0.05) is 0 Å². The number of carboxylic acid groups (broad SMARTS) is 1. The molecule has 1 aromatic carbocycles. The van der Waals surface area contributed by atoms with Crippen LogP contribution in [0.1, 0.15) is 6.92 Å². The summed E-state index contributed by atoms with van der Waals surface area (Å²) in [6.07, 6.45) is 0. The summed E-state index contributed by atoms with van der Waals surface area (Å²) in [7, 11) is 0. The molecule has 0 aromatic heterocycles. The SMILES string of the molecule is C[C@H](Nc1ccccc1Cl)C(=O)O. The molecule has 3 nitrogen and oxygen atoms in total. The number of nitrogens with one attached hydrogen (secondary N) is 1. The van der Waals surface area contributed by atoms with Crippen LogP contribution in [-0.4, -0.2) is 17.1 Å². The van der Waals surface area contributed by atoms with Gasteiger partial charge in [-0.05, 0) is 19.1 Å². The van der Waals surface area contributed by atoms with Crippen molar-refractivity contribution in [3.8, 4) is 0 Å². The second-order valence-electron chi connectivity index (χ2n) is 2.68. The predicted molar refractivity (Wildman–Crippen MR) is 52.2 cm³/mol. The number of aliphatic carboxylic acids is 1. The molecule has 0 amide bonds. The third-order valence-corrected chi connectivity index (χ3v) is 1.95. The van der Waals surface area contributed by atoms with Crippen molar-refractivity contribution in [2.24, 2.45) is 0 Å². The third kappa shape index (κ3) is 2.63. The van der Waals surface area contributed by atoms with Crippen LogP contribution >= 0.6 is 11.6 Å². The Bertz CT molecular complexity index is 314. The van der Waals surface area contributed by atoms with E-state index < -0.39 is 12.0 Å². The maximum atomic E-state index is 10.5. The molecule has 0 bridgehead atoms. The van der Waals surface area contributed by atoms with Gasteiger partial charge in [-0.15, -0.1) is 0 Å². The highest BCUT2D eigenvalue weighted by Gasteiger charge is 2.10. The summed E-state index contributed by atoms with van der Waals surface area (Å²) in [5.74, 6) is -0.903. The highest BCUT2D eigenvalue weighted by atomic mass is 35.5. The molecular formula is C9H10ClNO2. The molecule has 2 N–H and O–H groups in total. The number of hydrogen-bond acceptors (Lipinski definition) is 2. The largest absolute Gasteiger partial charge is 0.480 e. The van der Waals surface area contributed by atoms with Crippen molar-refractivity contribution >= 4 is 23.3 Å². The molecule has 0 saturated heterocycles. The first kappa shape index (κ1) is 9.86. The summed E-state index contributed by atoms with van der Waals surface area (Å²) < 4.78 is 0. The molecule has 0 saturated carbocycles. The average molecular weight is 200 g/mol. The fourth-order valence-corrected chi connectivity index (χ4v) is 1.06. The van der Waals surface area contributed by atoms with Gasteiger partial charge in [-0.25, -0.2) is 0 Å². The highest BCUT2D eigenvalue weighted by molar-refractivity contribution is 6.33. The first-order valence-electron chi connectivity index (χ1n) is 3.85. The predicted octanol–water partition coefficient (Wildman–Crippen LogP) is 2.22. The lowest BCUT2D eigenvalue weighted by atomic mass is 10.2. The van der Waals surface area contributed by atoms with Gasteiger partial charge in [0.15, 0.2) is 0 Å². The zero-order chi connectivity index (χ0) is 9.84. The second-order valence-corrected chi connectivity index (χ2v) is 3.09. The molecule has 1 aromatic rings. The minimum atomic E-state index is -0.903. The topological polar surface area (TPSA) is 49.3 Å². The Hall–Kier alpha value is -1.22. The molecule has 4 heteroatoms. The van der Waals surface area contributed by atoms with Crippen molar-refractivity contribution in [2.75, 3.05) is 5.32 Å². The first-order valence-corrected chi connectivity index (χ1v) is 4.23. The van der Waals surface area contributed by atoms with E-state index in [-0.39, 0.29) is 0 Å². The Morgan fingerprint density at radius 2 is 2.15 bits per heavy atom. The zero-order valence-corrected chi connectivity index (χ0v) is 7.88. The van der Waals surface area contributed by atoms with E-state index in [0.717, 1.165) is 0 Å². The van der Waals surface area contributed by atoms with Crippen LogP contribution in [0.4, 0.5) is 5.69 Å². The van der Waals surface area contributed by atoms with Crippen LogP contribution in [0.25, 0.3) is 0 Å². The number of rotatable bonds is 3. The van der Waals surface area contributed by atoms with E-state index >= 15 is 0 Å². The Kier molecular flexibility index (Phi) is 3.14. The third-order valence-electron chi connectivity index (χ3n) is 1.62. The molecule has 70 valence electrons. The smallest absolute Gasteiger partial charge is 0.325 e. The molecule has 0 aliphatic carbocycles. The number of carboxylic acids is 1. The Morgan fingerprint density at radius 3 is 2.69 bits per heavy atom. The summed E-state index contributed by atoms with van der Waals surface area (Å²) in [6, 6.07) is 6.39. The number of halogens is 1. The quantitative estimate of drug-likeness (QED) is 0.785. The normalized spacial score (nSPS) is 12.2. The standard InChI is InChI=1S/C9H10ClNO2/c1-6(9(12)13)11-8-5-3-2-4-7(8)10/h2-6,11H,1H3,(H,12,13)/t6-/m0/s1. The van der Waals surface area contributed by atoms with Crippen LogP contribution in [0, 0.1) is 0 Å². The number of hydrogen-bond donors (Lipinski definition) is 2. The number of carbonyl (C=O) groups is 1. The van der Waals surface area contributed by atoms with E-state index in [1.54, 1.807) is 31.2 Å². The van der Waals surface area contributed by atoms with Crippen LogP contribution in [0.3, 0.4) is 0 Å². The molecular weight excluding hydrogens is 190 g/mol. The molecule has 0 heterocycles. The van der Waals surface area contributed by atoms with Gasteiger partial charge in [0.05, 0.1) is 10.7 Å². The highest BCUT2D eigenvalue weighted by Crippen LogP contribution is 2.20. The van der Waals surface area contributed by atoms with Crippen LogP contribution in [0.2, 0.25) is 5.02 Å². The minimum absolute atomic E-state index is 0.524. The summed E-state index contributed by atoms with van der Waals surface area (Å²) in [5.41, 5.74) is 0.638. The van der Waals surface area contributed by atoms with Crippen molar-refractivity contribution in [1.82, 2.24) is 0 Å². The van der Waals surface area contributed by atoms with E-state index in [2.05, 4.69) is 5.32 Å². The van der Waals surface area contributed by atoms with Crippen molar-refractivity contribution in [3.05, 3.63) is 29.3 Å². The first-order chi connectivity index (χ1) is 6.11. The monoisotopic (exact) mass is 199 g/mol. The fourth-order valence-electron chi connectivity index (χ4n) is 0.873. The lowest BCUT2D eigenvalue weighted by molar-refractivity contribution is -0.137. The molecule has 1 rings (SSSR count). The van der Waals surface area contributed by atoms with Gasteiger partial charge in [0.2, 0.25) is 0 Å². The van der Waals surface area contributed by atoms with E-state index in [1.165, 1.54) is 0 Å². The zero-order valence-electron chi connectivity index (χ0n) is 7.12. The fraction of sp³-hybridized carbons (Fsp3) is 0.222. The van der Waals surface area contributed by atoms with Gasteiger partial charge in [-0.3, -0.25) is 4.79 Å². The van der Waals surface area contributed by atoms with Crippen LogP contribution < -0.4 is 5.32 Å². The molecule has 0 radical (unpaired) electrons. The maximum absolute atomic E-state index is 10.5. The van der Waals surface area contributed by atoms with Crippen molar-refractivity contribution in [3.63, 3.8) is 0 Å². The van der Waals surface area contributed by atoms with Crippen LogP contribution in [0.5, 0.6) is 0 Å². The van der Waals surface area contributed by atoms with E-state index in [1.807, 2.05) is 0 Å². The van der Waals surface area contributed by atoms with E-state index in [9.17, 15) is 4.79 Å². The van der Waals surface area contributed by atoms with Gasteiger partial charge in [-0.1, -0.05) is 23.7 Å². The molecule has 0 aliphatic rings. The molecule has 13 heavy (non-hydrogen) atoms. The summed E-state index contributed by atoms with van der Waals surface area (Å²) in [5, 5.41) is 11.9. The molecule has 1 atom stereocenters. The van der Waals surface area contributed by atoms with E-state index in [0.29, 0.717) is 10.7 Å². The van der Waals surface area contributed by atoms with Gasteiger partial charge >= 0.3 is 5.97 Å². The Morgan fingerprint density at radius 1 is 1.54 bits per heavy atom. The van der Waals surface area contributed by atoms with Crippen LogP contribution in [-0.2, 0) is 4.79 Å². The summed E-state index contributed by atoms with van der Waals surface area (Å²) >= 11 is 5.82. The van der Waals surface area contributed by atoms with Crippen molar-refractivity contribution in [2.45, 2.75) is 13.0 Å².